The summed E-state index contributed by atoms with van der Waals surface area (Å²) in [6.07, 6.45) is 1.69. The number of nitrogens with one attached hydrogen (secondary N) is 1. The predicted octanol–water partition coefficient (Wildman–Crippen LogP) is 2.06. The van der Waals surface area contributed by atoms with E-state index in [1.807, 2.05) is 37.7 Å². The minimum Gasteiger partial charge on any atom is -0.311 e. The molecule has 0 saturated heterocycles. The highest BCUT2D eigenvalue weighted by Gasteiger charge is 2.12. The van der Waals surface area contributed by atoms with E-state index in [9.17, 15) is 4.79 Å². The number of aryl methyl sites for hydroxylation is 2. The van der Waals surface area contributed by atoms with Crippen LogP contribution in [0.25, 0.3) is 11.1 Å². The van der Waals surface area contributed by atoms with E-state index in [4.69, 9.17) is 0 Å². The number of carbonyl (C=O) groups is 1. The van der Waals surface area contributed by atoms with E-state index >= 15 is 0 Å². The summed E-state index contributed by atoms with van der Waals surface area (Å²) in [7, 11) is 1.92. The van der Waals surface area contributed by atoms with Crippen molar-refractivity contribution < 1.29 is 4.79 Å². The van der Waals surface area contributed by atoms with Crippen molar-refractivity contribution in [3.05, 3.63) is 29.7 Å². The van der Waals surface area contributed by atoms with E-state index in [-0.39, 0.29) is 5.91 Å². The first-order chi connectivity index (χ1) is 8.49. The van der Waals surface area contributed by atoms with E-state index in [0.717, 1.165) is 22.5 Å². The molecule has 2 heterocycles. The van der Waals surface area contributed by atoms with Gasteiger partial charge in [0.15, 0.2) is 0 Å². The Hall–Kier alpha value is -2.17. The minimum atomic E-state index is -0.126. The Bertz CT molecular complexity index is 601. The molecule has 0 saturated carbocycles. The van der Waals surface area contributed by atoms with E-state index < -0.39 is 0 Å². The topological polar surface area (TPSA) is 59.8 Å². The lowest BCUT2D eigenvalue weighted by Gasteiger charge is -2.05. The molecule has 0 radical (unpaired) electrons. The highest BCUT2D eigenvalue weighted by atomic mass is 16.1. The van der Waals surface area contributed by atoms with Gasteiger partial charge in [-0.05, 0) is 31.5 Å². The first-order valence-corrected chi connectivity index (χ1v) is 5.73. The fraction of sp³-hybridized carbons (Fsp3) is 0.308. The smallest absolute Gasteiger partial charge is 0.222 e. The molecule has 18 heavy (non-hydrogen) atoms. The van der Waals surface area contributed by atoms with Gasteiger partial charge in [-0.15, -0.1) is 0 Å². The van der Waals surface area contributed by atoms with Gasteiger partial charge in [-0.2, -0.15) is 5.10 Å². The fourth-order valence-electron chi connectivity index (χ4n) is 2.03. The molecular formula is C13H16N4O. The van der Waals surface area contributed by atoms with Gasteiger partial charge < -0.3 is 5.32 Å². The molecule has 0 aliphatic heterocycles. The maximum absolute atomic E-state index is 11.0. The molecule has 1 amide bonds. The van der Waals surface area contributed by atoms with Crippen LogP contribution in [0.3, 0.4) is 0 Å². The van der Waals surface area contributed by atoms with Crippen LogP contribution in [0.5, 0.6) is 0 Å². The first-order valence-electron chi connectivity index (χ1n) is 5.73. The van der Waals surface area contributed by atoms with Gasteiger partial charge in [0.25, 0.3) is 0 Å². The van der Waals surface area contributed by atoms with Crippen LogP contribution in [-0.4, -0.2) is 20.7 Å². The van der Waals surface area contributed by atoms with Gasteiger partial charge in [0.05, 0.1) is 5.69 Å². The molecule has 0 atom stereocenters. The molecular weight excluding hydrogens is 228 g/mol. The Morgan fingerprint density at radius 2 is 2.11 bits per heavy atom. The highest BCUT2D eigenvalue weighted by molar-refractivity contribution is 5.88. The summed E-state index contributed by atoms with van der Waals surface area (Å²) in [6.45, 7) is 5.46. The molecule has 5 heteroatoms. The highest BCUT2D eigenvalue weighted by Crippen LogP contribution is 2.27. The zero-order valence-electron chi connectivity index (χ0n) is 11.0. The third-order valence-corrected chi connectivity index (χ3v) is 2.86. The lowest BCUT2D eigenvalue weighted by atomic mass is 10.1. The van der Waals surface area contributed by atoms with Gasteiger partial charge in [0.1, 0.15) is 5.82 Å². The number of hydrogen-bond acceptors (Lipinski definition) is 3. The van der Waals surface area contributed by atoms with Crippen molar-refractivity contribution in [2.45, 2.75) is 20.8 Å². The maximum atomic E-state index is 11.0. The number of amides is 1. The maximum Gasteiger partial charge on any atom is 0.222 e. The summed E-state index contributed by atoms with van der Waals surface area (Å²) in [5.74, 6) is 0.432. The van der Waals surface area contributed by atoms with Gasteiger partial charge >= 0.3 is 0 Å². The summed E-state index contributed by atoms with van der Waals surface area (Å²) in [5, 5.41) is 7.07. The Labute approximate surface area is 106 Å². The zero-order chi connectivity index (χ0) is 13.3. The number of hydrogen-bond donors (Lipinski definition) is 1. The molecule has 0 fully saturated rings. The number of anilines is 1. The Morgan fingerprint density at radius 3 is 2.67 bits per heavy atom. The Kier molecular flexibility index (Phi) is 3.14. The van der Waals surface area contributed by atoms with Crippen LogP contribution < -0.4 is 5.32 Å². The van der Waals surface area contributed by atoms with Crippen molar-refractivity contribution in [3.8, 4) is 11.1 Å². The number of nitrogens with zero attached hydrogens (tertiary/aromatic N) is 3. The molecule has 2 aromatic heterocycles. The van der Waals surface area contributed by atoms with Crippen molar-refractivity contribution >= 4 is 11.7 Å². The molecule has 0 bridgehead atoms. The molecule has 0 aliphatic rings. The van der Waals surface area contributed by atoms with Crippen molar-refractivity contribution in [1.82, 2.24) is 14.8 Å². The minimum absolute atomic E-state index is 0.126. The van der Waals surface area contributed by atoms with Gasteiger partial charge in [0, 0.05) is 31.4 Å². The molecule has 2 aromatic rings. The number of pyridine rings is 1. The molecule has 5 nitrogen and oxygen atoms in total. The quantitative estimate of drug-likeness (QED) is 0.879. The second kappa shape index (κ2) is 4.60. The van der Waals surface area contributed by atoms with Crippen molar-refractivity contribution in [2.75, 3.05) is 5.32 Å². The van der Waals surface area contributed by atoms with Crippen LogP contribution in [0.2, 0.25) is 0 Å². The molecule has 0 unspecified atom stereocenters. The van der Waals surface area contributed by atoms with Crippen LogP contribution in [-0.2, 0) is 11.8 Å². The van der Waals surface area contributed by atoms with Crippen LogP contribution in [0, 0.1) is 13.8 Å². The Morgan fingerprint density at radius 1 is 1.39 bits per heavy atom. The van der Waals surface area contributed by atoms with Crippen LogP contribution in [0.4, 0.5) is 5.82 Å². The second-order valence-corrected chi connectivity index (χ2v) is 4.28. The third kappa shape index (κ3) is 2.25. The summed E-state index contributed by atoms with van der Waals surface area (Å²) < 4.78 is 1.85. The van der Waals surface area contributed by atoms with E-state index in [2.05, 4.69) is 15.4 Å². The Balaban J connectivity index is 2.47. The molecule has 0 spiro atoms. The van der Waals surface area contributed by atoms with Gasteiger partial charge in [-0.3, -0.25) is 9.48 Å². The SMILES string of the molecule is CC(=O)Nc1cc(-c2c(C)nn(C)c2C)ccn1. The fourth-order valence-corrected chi connectivity index (χ4v) is 2.03. The lowest BCUT2D eigenvalue weighted by Crippen LogP contribution is -2.07. The molecule has 0 aromatic carbocycles. The standard InChI is InChI=1S/C13H16N4O/c1-8-13(9(2)17(4)16-8)11-5-6-14-12(7-11)15-10(3)18/h5-7H,1-4H3,(H,14,15,18). The lowest BCUT2D eigenvalue weighted by molar-refractivity contribution is -0.114. The summed E-state index contributed by atoms with van der Waals surface area (Å²) in [6, 6.07) is 3.78. The zero-order valence-corrected chi connectivity index (χ0v) is 11.0. The van der Waals surface area contributed by atoms with E-state index in [1.54, 1.807) is 6.20 Å². The number of carbonyl (C=O) groups excluding carboxylic acids is 1. The van der Waals surface area contributed by atoms with Crippen molar-refractivity contribution in [2.24, 2.45) is 7.05 Å². The summed E-state index contributed by atoms with van der Waals surface area (Å²) in [5.41, 5.74) is 4.16. The average Bonchev–Trinajstić information content (AvgIpc) is 2.52. The first kappa shape index (κ1) is 12.3. The third-order valence-electron chi connectivity index (χ3n) is 2.86. The molecule has 1 N–H and O–H groups in total. The van der Waals surface area contributed by atoms with Crippen molar-refractivity contribution in [1.29, 1.82) is 0 Å². The second-order valence-electron chi connectivity index (χ2n) is 4.28. The monoisotopic (exact) mass is 244 g/mol. The number of aromatic nitrogens is 3. The van der Waals surface area contributed by atoms with Crippen LogP contribution in [0.15, 0.2) is 18.3 Å². The van der Waals surface area contributed by atoms with Gasteiger partial charge in [-0.1, -0.05) is 0 Å². The molecule has 0 aliphatic carbocycles. The summed E-state index contributed by atoms with van der Waals surface area (Å²) in [4.78, 5) is 15.1. The van der Waals surface area contributed by atoms with Crippen molar-refractivity contribution in [3.63, 3.8) is 0 Å². The normalized spacial score (nSPS) is 10.4. The van der Waals surface area contributed by atoms with Gasteiger partial charge in [-0.25, -0.2) is 4.98 Å². The van der Waals surface area contributed by atoms with Crippen LogP contribution in [0.1, 0.15) is 18.3 Å². The number of rotatable bonds is 2. The summed E-state index contributed by atoms with van der Waals surface area (Å²) >= 11 is 0. The molecule has 2 rings (SSSR count). The van der Waals surface area contributed by atoms with E-state index in [1.165, 1.54) is 6.92 Å². The molecule has 94 valence electrons. The average molecular weight is 244 g/mol. The van der Waals surface area contributed by atoms with Crippen LogP contribution >= 0.6 is 0 Å². The van der Waals surface area contributed by atoms with E-state index in [0.29, 0.717) is 5.82 Å². The predicted molar refractivity (Wildman–Crippen MR) is 70.2 cm³/mol. The van der Waals surface area contributed by atoms with Gasteiger partial charge in [0.2, 0.25) is 5.91 Å². The largest absolute Gasteiger partial charge is 0.311 e.